The van der Waals surface area contributed by atoms with Gasteiger partial charge in [-0.2, -0.15) is 0 Å². The highest BCUT2D eigenvalue weighted by Crippen LogP contribution is 2.20. The molecule has 0 spiro atoms. The average Bonchev–Trinajstić information content (AvgIpc) is 2.24. The van der Waals surface area contributed by atoms with Gasteiger partial charge in [0.1, 0.15) is 11.6 Å². The molecule has 2 nitrogen and oxygen atoms in total. The van der Waals surface area contributed by atoms with Crippen molar-refractivity contribution in [1.82, 2.24) is 0 Å². The molecule has 4 heteroatoms. The van der Waals surface area contributed by atoms with Gasteiger partial charge in [0, 0.05) is 29.5 Å². The number of rotatable bonds is 6. The van der Waals surface area contributed by atoms with Crippen LogP contribution >= 0.6 is 11.6 Å². The number of carbonyl (C=O) groups excluding carboxylic acids is 1. The van der Waals surface area contributed by atoms with Crippen LogP contribution in [0.5, 0.6) is 0 Å². The molecule has 0 amide bonds. The van der Waals surface area contributed by atoms with Gasteiger partial charge < -0.3 is 5.73 Å². The van der Waals surface area contributed by atoms with Gasteiger partial charge in [0.05, 0.1) is 0 Å². The number of hydrogen-bond donors (Lipinski definition) is 1. The summed E-state index contributed by atoms with van der Waals surface area (Å²) < 4.78 is 13.4. The predicted molar refractivity (Wildman–Crippen MR) is 67.6 cm³/mol. The topological polar surface area (TPSA) is 43.1 Å². The summed E-state index contributed by atoms with van der Waals surface area (Å²) in [6.45, 7) is 2.01. The molecule has 0 saturated heterocycles. The third-order valence-electron chi connectivity index (χ3n) is 2.58. The van der Waals surface area contributed by atoms with E-state index in [2.05, 4.69) is 0 Å². The third-order valence-corrected chi connectivity index (χ3v) is 2.94. The Balaban J connectivity index is 2.62. The summed E-state index contributed by atoms with van der Waals surface area (Å²) in [6.07, 6.45) is 2.03. The third kappa shape index (κ3) is 4.44. The van der Waals surface area contributed by atoms with E-state index in [-0.39, 0.29) is 30.2 Å². The summed E-state index contributed by atoms with van der Waals surface area (Å²) in [5.41, 5.74) is 6.03. The number of ketones is 1. The SMILES string of the molecule is CCCC(N)CC(=O)Cc1c(F)cccc1Cl. The molecule has 1 aromatic carbocycles. The highest BCUT2D eigenvalue weighted by Gasteiger charge is 2.14. The first-order valence-electron chi connectivity index (χ1n) is 5.74. The second kappa shape index (κ2) is 6.72. The Bertz CT molecular complexity index is 375. The Morgan fingerprint density at radius 2 is 2.24 bits per heavy atom. The van der Waals surface area contributed by atoms with Gasteiger partial charge in [0.15, 0.2) is 0 Å². The minimum absolute atomic E-state index is 0.0168. The summed E-state index contributed by atoms with van der Waals surface area (Å²) in [7, 11) is 0. The normalized spacial score (nSPS) is 12.5. The lowest BCUT2D eigenvalue weighted by Crippen LogP contribution is -2.24. The summed E-state index contributed by atoms with van der Waals surface area (Å²) in [5.74, 6) is -0.507. The lowest BCUT2D eigenvalue weighted by molar-refractivity contribution is -0.118. The van der Waals surface area contributed by atoms with Gasteiger partial charge >= 0.3 is 0 Å². The number of Topliss-reactive ketones (excluding diaryl/α,β-unsaturated/α-hetero) is 1. The largest absolute Gasteiger partial charge is 0.327 e. The molecule has 94 valence electrons. The highest BCUT2D eigenvalue weighted by atomic mass is 35.5. The molecule has 0 radical (unpaired) electrons. The smallest absolute Gasteiger partial charge is 0.138 e. The molecule has 0 fully saturated rings. The number of carbonyl (C=O) groups is 1. The van der Waals surface area contributed by atoms with Crippen molar-refractivity contribution in [2.45, 2.75) is 38.6 Å². The fourth-order valence-corrected chi connectivity index (χ4v) is 1.97. The van der Waals surface area contributed by atoms with Crippen molar-refractivity contribution in [2.24, 2.45) is 5.73 Å². The summed E-state index contributed by atoms with van der Waals surface area (Å²) in [5, 5.41) is 0.294. The monoisotopic (exact) mass is 257 g/mol. The quantitative estimate of drug-likeness (QED) is 0.851. The summed E-state index contributed by atoms with van der Waals surface area (Å²) in [4.78, 5) is 11.7. The standard InChI is InChI=1S/C13H17ClFNO/c1-2-4-9(16)7-10(17)8-11-12(14)5-3-6-13(11)15/h3,5-6,9H,2,4,7-8,16H2,1H3. The van der Waals surface area contributed by atoms with E-state index in [1.165, 1.54) is 12.1 Å². The number of halogens is 2. The zero-order valence-electron chi connectivity index (χ0n) is 9.88. The fraction of sp³-hybridized carbons (Fsp3) is 0.462. The van der Waals surface area contributed by atoms with Crippen LogP contribution in [0.4, 0.5) is 4.39 Å². The van der Waals surface area contributed by atoms with Crippen LogP contribution in [0.15, 0.2) is 18.2 Å². The van der Waals surface area contributed by atoms with Crippen LogP contribution in [-0.4, -0.2) is 11.8 Å². The van der Waals surface area contributed by atoms with E-state index >= 15 is 0 Å². The zero-order valence-corrected chi connectivity index (χ0v) is 10.6. The van der Waals surface area contributed by atoms with Crippen molar-refractivity contribution in [3.8, 4) is 0 Å². The molecule has 17 heavy (non-hydrogen) atoms. The lowest BCUT2D eigenvalue weighted by atomic mass is 10.0. The second-order valence-electron chi connectivity index (χ2n) is 4.17. The Hall–Kier alpha value is -0.930. The molecular weight excluding hydrogens is 241 g/mol. The molecular formula is C13H17ClFNO. The minimum atomic E-state index is -0.435. The molecule has 0 aliphatic rings. The van der Waals surface area contributed by atoms with Crippen LogP contribution < -0.4 is 5.73 Å². The number of benzene rings is 1. The zero-order chi connectivity index (χ0) is 12.8. The van der Waals surface area contributed by atoms with Gasteiger partial charge in [0.2, 0.25) is 0 Å². The first kappa shape index (κ1) is 14.1. The van der Waals surface area contributed by atoms with Crippen LogP contribution in [0.2, 0.25) is 5.02 Å². The molecule has 2 N–H and O–H groups in total. The maximum absolute atomic E-state index is 13.4. The van der Waals surface area contributed by atoms with Gasteiger partial charge in [-0.15, -0.1) is 0 Å². The van der Waals surface area contributed by atoms with Crippen LogP contribution in [0.25, 0.3) is 0 Å². The molecule has 0 aliphatic heterocycles. The van der Waals surface area contributed by atoms with Gasteiger partial charge in [0.25, 0.3) is 0 Å². The van der Waals surface area contributed by atoms with Crippen molar-refractivity contribution in [2.75, 3.05) is 0 Å². The van der Waals surface area contributed by atoms with Crippen molar-refractivity contribution < 1.29 is 9.18 Å². The maximum atomic E-state index is 13.4. The molecule has 0 aromatic heterocycles. The average molecular weight is 258 g/mol. The predicted octanol–water partition coefficient (Wildman–Crippen LogP) is 3.11. The van der Waals surface area contributed by atoms with Gasteiger partial charge in [-0.25, -0.2) is 4.39 Å². The Kier molecular flexibility index (Phi) is 5.59. The Morgan fingerprint density at radius 3 is 2.82 bits per heavy atom. The van der Waals surface area contributed by atoms with Crippen LogP contribution in [0.3, 0.4) is 0 Å². The minimum Gasteiger partial charge on any atom is -0.327 e. The molecule has 1 aromatic rings. The van der Waals surface area contributed by atoms with Crippen LogP contribution in [0, 0.1) is 5.82 Å². The van der Waals surface area contributed by atoms with Crippen molar-refractivity contribution in [3.05, 3.63) is 34.6 Å². The van der Waals surface area contributed by atoms with Crippen LogP contribution in [-0.2, 0) is 11.2 Å². The Labute approximate surface area is 106 Å². The van der Waals surface area contributed by atoms with Gasteiger partial charge in [-0.05, 0) is 18.6 Å². The second-order valence-corrected chi connectivity index (χ2v) is 4.58. The van der Waals surface area contributed by atoms with E-state index in [9.17, 15) is 9.18 Å². The van der Waals surface area contributed by atoms with E-state index < -0.39 is 5.82 Å². The van der Waals surface area contributed by atoms with E-state index in [0.29, 0.717) is 5.02 Å². The van der Waals surface area contributed by atoms with Crippen LogP contribution in [0.1, 0.15) is 31.7 Å². The Morgan fingerprint density at radius 1 is 1.53 bits per heavy atom. The lowest BCUT2D eigenvalue weighted by Gasteiger charge is -2.10. The summed E-state index contributed by atoms with van der Waals surface area (Å²) in [6, 6.07) is 4.27. The molecule has 1 atom stereocenters. The number of hydrogen-bond acceptors (Lipinski definition) is 2. The first-order chi connectivity index (χ1) is 8.04. The van der Waals surface area contributed by atoms with Gasteiger partial charge in [-0.3, -0.25) is 4.79 Å². The molecule has 0 bridgehead atoms. The van der Waals surface area contributed by atoms with Gasteiger partial charge in [-0.1, -0.05) is 31.0 Å². The molecule has 1 unspecified atom stereocenters. The molecule has 0 saturated carbocycles. The molecule has 1 rings (SSSR count). The van der Waals surface area contributed by atoms with Crippen molar-refractivity contribution in [3.63, 3.8) is 0 Å². The molecule has 0 aliphatic carbocycles. The highest BCUT2D eigenvalue weighted by molar-refractivity contribution is 6.31. The maximum Gasteiger partial charge on any atom is 0.138 e. The van der Waals surface area contributed by atoms with E-state index in [1.807, 2.05) is 6.92 Å². The van der Waals surface area contributed by atoms with Crippen molar-refractivity contribution >= 4 is 17.4 Å². The van der Waals surface area contributed by atoms with E-state index in [4.69, 9.17) is 17.3 Å². The number of nitrogens with two attached hydrogens (primary N) is 1. The first-order valence-corrected chi connectivity index (χ1v) is 6.12. The summed E-state index contributed by atoms with van der Waals surface area (Å²) >= 11 is 5.85. The van der Waals surface area contributed by atoms with Crippen molar-refractivity contribution in [1.29, 1.82) is 0 Å². The van der Waals surface area contributed by atoms with E-state index in [0.717, 1.165) is 12.8 Å². The van der Waals surface area contributed by atoms with E-state index in [1.54, 1.807) is 6.07 Å². The molecule has 0 heterocycles. The fourth-order valence-electron chi connectivity index (χ4n) is 1.74.